The molecule has 0 spiro atoms. The van der Waals surface area contributed by atoms with Crippen LogP contribution in [0.2, 0.25) is 0 Å². The van der Waals surface area contributed by atoms with E-state index in [0.29, 0.717) is 29.4 Å². The number of amides is 1. The van der Waals surface area contributed by atoms with Crippen LogP contribution in [0.5, 0.6) is 11.5 Å². The van der Waals surface area contributed by atoms with Crippen molar-refractivity contribution in [1.82, 2.24) is 19.9 Å². The maximum Gasteiger partial charge on any atom is 0.254 e. The van der Waals surface area contributed by atoms with Gasteiger partial charge in [0.1, 0.15) is 17.3 Å². The van der Waals surface area contributed by atoms with Crippen molar-refractivity contribution in [3.8, 4) is 11.5 Å². The SMILES string of the molecule is Cc1nc(CN(C)C(=O)c2ccc(Oc3cccnc3)cc2)nc2ccccc12. The van der Waals surface area contributed by atoms with E-state index in [1.54, 1.807) is 54.7 Å². The number of hydrogen-bond donors (Lipinski definition) is 0. The fourth-order valence-electron chi connectivity index (χ4n) is 3.08. The number of nitrogens with zero attached hydrogens (tertiary/aromatic N) is 4. The zero-order valence-corrected chi connectivity index (χ0v) is 16.2. The number of aromatic nitrogens is 3. The average Bonchev–Trinajstić information content (AvgIpc) is 2.74. The van der Waals surface area contributed by atoms with E-state index in [0.717, 1.165) is 16.6 Å². The first-order chi connectivity index (χ1) is 14.1. The summed E-state index contributed by atoms with van der Waals surface area (Å²) in [6.07, 6.45) is 3.32. The first-order valence-electron chi connectivity index (χ1n) is 9.26. The first-order valence-corrected chi connectivity index (χ1v) is 9.26. The summed E-state index contributed by atoms with van der Waals surface area (Å²) in [4.78, 5) is 27.5. The van der Waals surface area contributed by atoms with Gasteiger partial charge in [-0.15, -0.1) is 0 Å². The number of carbonyl (C=O) groups is 1. The molecule has 6 nitrogen and oxygen atoms in total. The van der Waals surface area contributed by atoms with E-state index in [1.165, 1.54) is 0 Å². The fourth-order valence-corrected chi connectivity index (χ4v) is 3.08. The van der Waals surface area contributed by atoms with Gasteiger partial charge in [0.05, 0.1) is 18.3 Å². The minimum absolute atomic E-state index is 0.104. The summed E-state index contributed by atoms with van der Waals surface area (Å²) in [6.45, 7) is 2.29. The normalized spacial score (nSPS) is 10.7. The highest BCUT2D eigenvalue weighted by Crippen LogP contribution is 2.21. The zero-order chi connectivity index (χ0) is 20.2. The monoisotopic (exact) mass is 384 g/mol. The van der Waals surface area contributed by atoms with Crippen LogP contribution in [0, 0.1) is 6.92 Å². The Bertz CT molecular complexity index is 1140. The molecule has 0 aliphatic rings. The number of ether oxygens (including phenoxy) is 1. The minimum atomic E-state index is -0.104. The molecule has 2 aromatic heterocycles. The molecule has 2 aromatic carbocycles. The van der Waals surface area contributed by atoms with Crippen molar-refractivity contribution in [2.45, 2.75) is 13.5 Å². The Morgan fingerprint density at radius 1 is 0.966 bits per heavy atom. The molecule has 6 heteroatoms. The summed E-state index contributed by atoms with van der Waals surface area (Å²) in [5, 5.41) is 1.02. The predicted molar refractivity (Wildman–Crippen MR) is 111 cm³/mol. The van der Waals surface area contributed by atoms with Crippen LogP contribution in [-0.2, 0) is 6.54 Å². The molecule has 0 aliphatic carbocycles. The number of rotatable bonds is 5. The number of carbonyl (C=O) groups excluding carboxylic acids is 1. The van der Waals surface area contributed by atoms with Gasteiger partial charge in [0, 0.05) is 29.9 Å². The Hall–Kier alpha value is -3.80. The molecule has 0 unspecified atom stereocenters. The van der Waals surface area contributed by atoms with Crippen LogP contribution in [0.3, 0.4) is 0 Å². The van der Waals surface area contributed by atoms with Crippen LogP contribution < -0.4 is 4.74 Å². The molecular formula is C23H20N4O2. The molecule has 4 rings (SSSR count). The standard InChI is InChI=1S/C23H20N4O2/c1-16-20-7-3-4-8-21(20)26-22(25-16)15-27(2)23(28)17-9-11-18(12-10-17)29-19-6-5-13-24-14-19/h3-14H,15H2,1-2H3. The van der Waals surface area contributed by atoms with Crippen LogP contribution in [0.1, 0.15) is 21.9 Å². The third kappa shape index (κ3) is 4.21. The molecule has 2 heterocycles. The molecule has 0 atom stereocenters. The van der Waals surface area contributed by atoms with Gasteiger partial charge in [-0.3, -0.25) is 9.78 Å². The highest BCUT2D eigenvalue weighted by Gasteiger charge is 2.14. The Kier molecular flexibility index (Phi) is 5.16. The molecule has 0 saturated heterocycles. The lowest BCUT2D eigenvalue weighted by molar-refractivity contribution is 0.0781. The van der Waals surface area contributed by atoms with Gasteiger partial charge in [-0.25, -0.2) is 9.97 Å². The number of para-hydroxylation sites is 1. The molecule has 0 fully saturated rings. The molecule has 144 valence electrons. The lowest BCUT2D eigenvalue weighted by Gasteiger charge is -2.17. The van der Waals surface area contributed by atoms with Gasteiger partial charge in [-0.1, -0.05) is 18.2 Å². The highest BCUT2D eigenvalue weighted by atomic mass is 16.5. The number of hydrogen-bond acceptors (Lipinski definition) is 5. The van der Waals surface area contributed by atoms with Crippen LogP contribution in [0.25, 0.3) is 10.9 Å². The summed E-state index contributed by atoms with van der Waals surface area (Å²) in [7, 11) is 1.75. The van der Waals surface area contributed by atoms with E-state index in [9.17, 15) is 4.79 Å². The summed E-state index contributed by atoms with van der Waals surface area (Å²) in [5.74, 6) is 1.80. The second-order valence-corrected chi connectivity index (χ2v) is 6.72. The van der Waals surface area contributed by atoms with E-state index in [-0.39, 0.29) is 5.91 Å². The minimum Gasteiger partial charge on any atom is -0.456 e. The van der Waals surface area contributed by atoms with Crippen molar-refractivity contribution in [1.29, 1.82) is 0 Å². The van der Waals surface area contributed by atoms with Crippen LogP contribution >= 0.6 is 0 Å². The van der Waals surface area contributed by atoms with Gasteiger partial charge in [0.2, 0.25) is 0 Å². The molecule has 0 N–H and O–H groups in total. The summed E-state index contributed by atoms with van der Waals surface area (Å²) < 4.78 is 5.72. The van der Waals surface area contributed by atoms with E-state index in [4.69, 9.17) is 4.74 Å². The molecule has 0 saturated carbocycles. The molecule has 0 aliphatic heterocycles. The number of benzene rings is 2. The summed E-state index contributed by atoms with van der Waals surface area (Å²) >= 11 is 0. The first kappa shape index (κ1) is 18.6. The van der Waals surface area contributed by atoms with Gasteiger partial charge in [0.25, 0.3) is 5.91 Å². The predicted octanol–water partition coefficient (Wildman–Crippen LogP) is 4.40. The Morgan fingerprint density at radius 3 is 2.52 bits per heavy atom. The zero-order valence-electron chi connectivity index (χ0n) is 16.2. The van der Waals surface area contributed by atoms with E-state index in [2.05, 4.69) is 15.0 Å². The van der Waals surface area contributed by atoms with E-state index in [1.807, 2.05) is 37.3 Å². The smallest absolute Gasteiger partial charge is 0.254 e. The van der Waals surface area contributed by atoms with Gasteiger partial charge >= 0.3 is 0 Å². The van der Waals surface area contributed by atoms with Gasteiger partial charge in [0.15, 0.2) is 0 Å². The lowest BCUT2D eigenvalue weighted by Crippen LogP contribution is -2.27. The molecule has 0 radical (unpaired) electrons. The van der Waals surface area contributed by atoms with Crippen LogP contribution in [-0.4, -0.2) is 32.8 Å². The number of pyridine rings is 1. The maximum atomic E-state index is 12.8. The topological polar surface area (TPSA) is 68.2 Å². The van der Waals surface area contributed by atoms with Gasteiger partial charge in [-0.2, -0.15) is 0 Å². The average molecular weight is 384 g/mol. The van der Waals surface area contributed by atoms with Crippen molar-refractivity contribution in [3.05, 3.63) is 90.1 Å². The van der Waals surface area contributed by atoms with Crippen molar-refractivity contribution < 1.29 is 9.53 Å². The van der Waals surface area contributed by atoms with Crippen molar-refractivity contribution in [3.63, 3.8) is 0 Å². The Morgan fingerprint density at radius 2 is 1.76 bits per heavy atom. The largest absolute Gasteiger partial charge is 0.456 e. The second kappa shape index (κ2) is 8.06. The van der Waals surface area contributed by atoms with Crippen molar-refractivity contribution in [2.24, 2.45) is 0 Å². The van der Waals surface area contributed by atoms with E-state index < -0.39 is 0 Å². The quantitative estimate of drug-likeness (QED) is 0.510. The highest BCUT2D eigenvalue weighted by molar-refractivity contribution is 5.94. The van der Waals surface area contributed by atoms with Crippen LogP contribution in [0.15, 0.2) is 73.1 Å². The van der Waals surface area contributed by atoms with Crippen molar-refractivity contribution in [2.75, 3.05) is 7.05 Å². The van der Waals surface area contributed by atoms with Crippen molar-refractivity contribution >= 4 is 16.8 Å². The van der Waals surface area contributed by atoms with Crippen LogP contribution in [0.4, 0.5) is 0 Å². The third-order valence-corrected chi connectivity index (χ3v) is 4.54. The maximum absolute atomic E-state index is 12.8. The van der Waals surface area contributed by atoms with Gasteiger partial charge < -0.3 is 9.64 Å². The Balaban J connectivity index is 1.46. The molecule has 29 heavy (non-hydrogen) atoms. The summed E-state index contributed by atoms with van der Waals surface area (Å²) in [5.41, 5.74) is 2.36. The second-order valence-electron chi connectivity index (χ2n) is 6.72. The molecule has 4 aromatic rings. The van der Waals surface area contributed by atoms with E-state index >= 15 is 0 Å². The molecule has 1 amide bonds. The van der Waals surface area contributed by atoms with Gasteiger partial charge in [-0.05, 0) is 49.4 Å². The Labute approximate surface area is 168 Å². The fraction of sp³-hybridized carbons (Fsp3) is 0.130. The summed E-state index contributed by atoms with van der Waals surface area (Å²) in [6, 6.07) is 18.5. The number of fused-ring (bicyclic) bond motifs is 1. The lowest BCUT2D eigenvalue weighted by atomic mass is 10.2. The molecular weight excluding hydrogens is 364 g/mol. The molecule has 0 bridgehead atoms. The third-order valence-electron chi connectivity index (χ3n) is 4.54. The number of aryl methyl sites for hydroxylation is 1.